The van der Waals surface area contributed by atoms with E-state index in [2.05, 4.69) is 9.88 Å². The minimum atomic E-state index is -0.279. The van der Waals surface area contributed by atoms with Gasteiger partial charge in [-0.15, -0.1) is 0 Å². The molecule has 0 N–H and O–H groups in total. The van der Waals surface area contributed by atoms with Crippen LogP contribution in [-0.4, -0.2) is 56.4 Å². The number of hydrogen-bond donors (Lipinski definition) is 0. The van der Waals surface area contributed by atoms with E-state index in [0.717, 1.165) is 58.9 Å². The molecular formula is C28H29ClFN5O. The SMILES string of the molecule is Cc1nc(C)c(CN2CCN(C(=O)c3cc4cc(Cl)ccc4n3Cc3ccc(F)cc3)CC2)nc1C. The van der Waals surface area contributed by atoms with Crippen molar-refractivity contribution in [2.45, 2.75) is 33.9 Å². The second-order valence-electron chi connectivity index (χ2n) is 9.44. The average molecular weight is 506 g/mol. The van der Waals surface area contributed by atoms with E-state index in [0.29, 0.717) is 30.4 Å². The van der Waals surface area contributed by atoms with Crippen molar-refractivity contribution < 1.29 is 9.18 Å². The predicted octanol–water partition coefficient (Wildman–Crippen LogP) is 5.16. The lowest BCUT2D eigenvalue weighted by Gasteiger charge is -2.35. The Morgan fingerprint density at radius 3 is 2.31 bits per heavy atom. The first-order valence-electron chi connectivity index (χ1n) is 12.1. The van der Waals surface area contributed by atoms with Crippen molar-refractivity contribution in [1.82, 2.24) is 24.3 Å². The van der Waals surface area contributed by atoms with Gasteiger partial charge in [0.1, 0.15) is 11.5 Å². The Kier molecular flexibility index (Phi) is 6.77. The standard InChI is InChI=1S/C28H29ClFN5O/c1-18-19(2)32-25(20(3)31-18)17-33-10-12-34(13-11-33)28(36)27-15-22-14-23(29)6-9-26(22)35(27)16-21-4-7-24(30)8-5-21/h4-9,14-15H,10-13,16-17H2,1-3H3. The van der Waals surface area contributed by atoms with Gasteiger partial charge >= 0.3 is 0 Å². The molecule has 186 valence electrons. The van der Waals surface area contributed by atoms with Gasteiger partial charge in [0.25, 0.3) is 5.91 Å². The third-order valence-corrected chi connectivity index (χ3v) is 7.18. The van der Waals surface area contributed by atoms with Gasteiger partial charge in [-0.3, -0.25) is 19.7 Å². The van der Waals surface area contributed by atoms with Gasteiger partial charge in [0.15, 0.2) is 0 Å². The Hall–Kier alpha value is -3.29. The molecule has 2 aromatic heterocycles. The summed E-state index contributed by atoms with van der Waals surface area (Å²) in [5, 5.41) is 1.54. The zero-order valence-electron chi connectivity index (χ0n) is 20.8. The molecule has 4 aromatic rings. The molecule has 8 heteroatoms. The minimum Gasteiger partial charge on any atom is -0.335 e. The number of benzene rings is 2. The number of hydrogen-bond acceptors (Lipinski definition) is 4. The largest absolute Gasteiger partial charge is 0.335 e. The Morgan fingerprint density at radius 2 is 1.58 bits per heavy atom. The van der Waals surface area contributed by atoms with E-state index in [9.17, 15) is 9.18 Å². The summed E-state index contributed by atoms with van der Waals surface area (Å²) >= 11 is 6.24. The summed E-state index contributed by atoms with van der Waals surface area (Å²) in [5.41, 5.74) is 6.33. The van der Waals surface area contributed by atoms with Gasteiger partial charge in [-0.1, -0.05) is 23.7 Å². The van der Waals surface area contributed by atoms with Crippen LogP contribution in [0.3, 0.4) is 0 Å². The smallest absolute Gasteiger partial charge is 0.270 e. The van der Waals surface area contributed by atoms with Crippen LogP contribution in [0.4, 0.5) is 4.39 Å². The van der Waals surface area contributed by atoms with Gasteiger partial charge in [0, 0.05) is 55.2 Å². The molecule has 0 radical (unpaired) electrons. The highest BCUT2D eigenvalue weighted by molar-refractivity contribution is 6.31. The maximum Gasteiger partial charge on any atom is 0.270 e. The fourth-order valence-corrected chi connectivity index (χ4v) is 4.94. The highest BCUT2D eigenvalue weighted by atomic mass is 35.5. The first kappa shape index (κ1) is 24.4. The van der Waals surface area contributed by atoms with Crippen LogP contribution in [0.2, 0.25) is 5.02 Å². The molecule has 0 atom stereocenters. The summed E-state index contributed by atoms with van der Waals surface area (Å²) < 4.78 is 15.4. The van der Waals surface area contributed by atoms with Crippen LogP contribution >= 0.6 is 11.6 Å². The van der Waals surface area contributed by atoms with E-state index < -0.39 is 0 Å². The zero-order valence-corrected chi connectivity index (χ0v) is 21.5. The van der Waals surface area contributed by atoms with E-state index in [1.807, 2.05) is 54.5 Å². The molecule has 1 amide bonds. The maximum atomic E-state index is 13.7. The van der Waals surface area contributed by atoms with Crippen LogP contribution in [-0.2, 0) is 13.1 Å². The molecule has 1 aliphatic rings. The molecule has 1 aliphatic heterocycles. The van der Waals surface area contributed by atoms with Crippen molar-refractivity contribution in [3.63, 3.8) is 0 Å². The Morgan fingerprint density at radius 1 is 0.889 bits per heavy atom. The van der Waals surface area contributed by atoms with E-state index in [-0.39, 0.29) is 11.7 Å². The van der Waals surface area contributed by atoms with Crippen LogP contribution in [0.25, 0.3) is 10.9 Å². The first-order chi connectivity index (χ1) is 17.3. The normalized spacial score (nSPS) is 14.5. The van der Waals surface area contributed by atoms with Crippen molar-refractivity contribution in [3.8, 4) is 0 Å². The molecule has 0 saturated carbocycles. The van der Waals surface area contributed by atoms with Crippen molar-refractivity contribution in [2.75, 3.05) is 26.2 Å². The van der Waals surface area contributed by atoms with Crippen molar-refractivity contribution in [2.24, 2.45) is 0 Å². The molecule has 0 bridgehead atoms. The van der Waals surface area contributed by atoms with E-state index in [1.165, 1.54) is 12.1 Å². The summed E-state index contributed by atoms with van der Waals surface area (Å²) in [5.74, 6) is -0.287. The zero-order chi connectivity index (χ0) is 25.4. The third-order valence-electron chi connectivity index (χ3n) is 6.95. The molecule has 0 aliphatic carbocycles. The second kappa shape index (κ2) is 9.99. The van der Waals surface area contributed by atoms with Gasteiger partial charge in [-0.05, 0) is 62.7 Å². The number of aromatic nitrogens is 3. The summed E-state index contributed by atoms with van der Waals surface area (Å²) in [4.78, 5) is 27.3. The fraction of sp³-hybridized carbons (Fsp3) is 0.321. The molecule has 6 nitrogen and oxygen atoms in total. The van der Waals surface area contributed by atoms with Crippen LogP contribution in [0.1, 0.15) is 38.8 Å². The number of halogens is 2. The lowest BCUT2D eigenvalue weighted by molar-refractivity contribution is 0.0617. The Bertz CT molecular complexity index is 1420. The van der Waals surface area contributed by atoms with Crippen molar-refractivity contribution in [3.05, 3.63) is 93.4 Å². The summed E-state index contributed by atoms with van der Waals surface area (Å²) in [6.45, 7) is 9.97. The lowest BCUT2D eigenvalue weighted by atomic mass is 10.2. The van der Waals surface area contributed by atoms with E-state index >= 15 is 0 Å². The highest BCUT2D eigenvalue weighted by Gasteiger charge is 2.26. The van der Waals surface area contributed by atoms with Crippen molar-refractivity contribution >= 4 is 28.4 Å². The molecule has 2 aromatic carbocycles. The molecule has 0 unspecified atom stereocenters. The predicted molar refractivity (Wildman–Crippen MR) is 140 cm³/mol. The van der Waals surface area contributed by atoms with Crippen LogP contribution in [0.15, 0.2) is 48.5 Å². The third kappa shape index (κ3) is 4.99. The molecule has 1 saturated heterocycles. The van der Waals surface area contributed by atoms with Gasteiger partial charge in [-0.25, -0.2) is 4.39 Å². The molecular weight excluding hydrogens is 477 g/mol. The molecule has 36 heavy (non-hydrogen) atoms. The Labute approximate surface area is 215 Å². The van der Waals surface area contributed by atoms with Crippen LogP contribution < -0.4 is 0 Å². The first-order valence-corrected chi connectivity index (χ1v) is 12.5. The minimum absolute atomic E-state index is 0.00811. The fourth-order valence-electron chi connectivity index (χ4n) is 4.76. The highest BCUT2D eigenvalue weighted by Crippen LogP contribution is 2.26. The molecule has 1 fully saturated rings. The number of fused-ring (bicyclic) bond motifs is 1. The molecule has 0 spiro atoms. The van der Waals surface area contributed by atoms with Gasteiger partial charge < -0.3 is 9.47 Å². The summed E-state index contributed by atoms with van der Waals surface area (Å²) in [7, 11) is 0. The van der Waals surface area contributed by atoms with E-state index in [1.54, 1.807) is 12.1 Å². The number of carbonyl (C=O) groups is 1. The number of piperazine rings is 1. The van der Waals surface area contributed by atoms with E-state index in [4.69, 9.17) is 16.6 Å². The Balaban J connectivity index is 1.35. The molecule has 5 rings (SSSR count). The molecule has 3 heterocycles. The second-order valence-corrected chi connectivity index (χ2v) is 9.88. The number of carbonyl (C=O) groups excluding carboxylic acids is 1. The number of nitrogens with zero attached hydrogens (tertiary/aromatic N) is 5. The summed E-state index contributed by atoms with van der Waals surface area (Å²) in [6, 6.07) is 13.9. The van der Waals surface area contributed by atoms with Gasteiger partial charge in [-0.2, -0.15) is 0 Å². The lowest BCUT2D eigenvalue weighted by Crippen LogP contribution is -2.48. The number of amides is 1. The van der Waals surface area contributed by atoms with Gasteiger partial charge in [0.05, 0.1) is 22.8 Å². The van der Waals surface area contributed by atoms with Gasteiger partial charge in [0.2, 0.25) is 0 Å². The van der Waals surface area contributed by atoms with Crippen LogP contribution in [0, 0.1) is 26.6 Å². The summed E-state index contributed by atoms with van der Waals surface area (Å²) in [6.07, 6.45) is 0. The number of rotatable bonds is 5. The maximum absolute atomic E-state index is 13.7. The van der Waals surface area contributed by atoms with Crippen molar-refractivity contribution in [1.29, 1.82) is 0 Å². The number of aryl methyl sites for hydroxylation is 3. The quantitative estimate of drug-likeness (QED) is 0.376. The van der Waals surface area contributed by atoms with Crippen LogP contribution in [0.5, 0.6) is 0 Å². The average Bonchev–Trinajstić information content (AvgIpc) is 3.21. The monoisotopic (exact) mass is 505 g/mol. The topological polar surface area (TPSA) is 54.3 Å².